The van der Waals surface area contributed by atoms with Crippen molar-refractivity contribution in [2.75, 3.05) is 5.32 Å². The second-order valence-electron chi connectivity index (χ2n) is 4.02. The minimum absolute atomic E-state index is 0.00293. The lowest BCUT2D eigenvalue weighted by atomic mass is 10.1. The largest absolute Gasteiger partial charge is 0.322 e. The summed E-state index contributed by atoms with van der Waals surface area (Å²) in [6.07, 6.45) is 3.11. The molecular formula is C12H12ClFN4O. The van der Waals surface area contributed by atoms with E-state index in [0.29, 0.717) is 5.56 Å². The van der Waals surface area contributed by atoms with E-state index in [1.54, 1.807) is 13.2 Å². The highest BCUT2D eigenvalue weighted by Crippen LogP contribution is 2.23. The molecule has 2 rings (SSSR count). The van der Waals surface area contributed by atoms with Crippen molar-refractivity contribution in [1.82, 2.24) is 9.78 Å². The Morgan fingerprint density at radius 3 is 2.95 bits per heavy atom. The van der Waals surface area contributed by atoms with Gasteiger partial charge in [0, 0.05) is 18.8 Å². The molecule has 1 aromatic heterocycles. The van der Waals surface area contributed by atoms with Gasteiger partial charge in [0.2, 0.25) is 5.91 Å². The SMILES string of the molecule is Cn1cc(C(N)C(=O)Nc2cccc(Cl)c2F)cn1. The van der Waals surface area contributed by atoms with E-state index in [4.69, 9.17) is 17.3 Å². The minimum atomic E-state index is -0.924. The van der Waals surface area contributed by atoms with Gasteiger partial charge in [0.25, 0.3) is 0 Å². The second kappa shape index (κ2) is 5.38. The molecule has 0 fully saturated rings. The number of rotatable bonds is 3. The number of halogens is 2. The molecule has 3 N–H and O–H groups in total. The number of aromatic nitrogens is 2. The fraction of sp³-hybridized carbons (Fsp3) is 0.167. The Balaban J connectivity index is 2.15. The van der Waals surface area contributed by atoms with Crippen LogP contribution in [-0.4, -0.2) is 15.7 Å². The Morgan fingerprint density at radius 1 is 1.58 bits per heavy atom. The van der Waals surface area contributed by atoms with Gasteiger partial charge in [0.05, 0.1) is 16.9 Å². The lowest BCUT2D eigenvalue weighted by Gasteiger charge is -2.11. The molecule has 0 aliphatic carbocycles. The highest BCUT2D eigenvalue weighted by molar-refractivity contribution is 6.31. The third kappa shape index (κ3) is 2.91. The molecule has 1 amide bonds. The Morgan fingerprint density at radius 2 is 2.32 bits per heavy atom. The second-order valence-corrected chi connectivity index (χ2v) is 4.42. The molecule has 0 spiro atoms. The van der Waals surface area contributed by atoms with Crippen molar-refractivity contribution >= 4 is 23.2 Å². The van der Waals surface area contributed by atoms with Crippen LogP contribution < -0.4 is 11.1 Å². The molecule has 1 aromatic carbocycles. The summed E-state index contributed by atoms with van der Waals surface area (Å²) in [7, 11) is 1.71. The molecule has 19 heavy (non-hydrogen) atoms. The van der Waals surface area contributed by atoms with Crippen LogP contribution in [0.2, 0.25) is 5.02 Å². The fourth-order valence-corrected chi connectivity index (χ4v) is 1.74. The number of carbonyl (C=O) groups is 1. The van der Waals surface area contributed by atoms with Crippen LogP contribution in [0.25, 0.3) is 0 Å². The lowest BCUT2D eigenvalue weighted by Crippen LogP contribution is -2.27. The van der Waals surface area contributed by atoms with Gasteiger partial charge >= 0.3 is 0 Å². The third-order valence-electron chi connectivity index (χ3n) is 2.58. The first-order chi connectivity index (χ1) is 8.99. The molecule has 0 saturated heterocycles. The number of anilines is 1. The van der Waals surface area contributed by atoms with Gasteiger partial charge in [-0.15, -0.1) is 0 Å². The quantitative estimate of drug-likeness (QED) is 0.902. The Labute approximate surface area is 114 Å². The maximum absolute atomic E-state index is 13.6. The summed E-state index contributed by atoms with van der Waals surface area (Å²) in [5.41, 5.74) is 6.31. The van der Waals surface area contributed by atoms with Gasteiger partial charge in [-0.05, 0) is 12.1 Å². The van der Waals surface area contributed by atoms with Crippen molar-refractivity contribution in [2.24, 2.45) is 12.8 Å². The van der Waals surface area contributed by atoms with Crippen LogP contribution in [0.4, 0.5) is 10.1 Å². The smallest absolute Gasteiger partial charge is 0.246 e. The Kier molecular flexibility index (Phi) is 3.82. The van der Waals surface area contributed by atoms with Crippen LogP contribution in [0, 0.1) is 5.82 Å². The van der Waals surface area contributed by atoms with E-state index in [-0.39, 0.29) is 10.7 Å². The molecule has 1 unspecified atom stereocenters. The first-order valence-electron chi connectivity index (χ1n) is 5.48. The zero-order valence-electron chi connectivity index (χ0n) is 10.1. The number of nitrogens with two attached hydrogens (primary N) is 1. The zero-order valence-corrected chi connectivity index (χ0v) is 10.9. The van der Waals surface area contributed by atoms with Crippen molar-refractivity contribution < 1.29 is 9.18 Å². The number of nitrogens with zero attached hydrogens (tertiary/aromatic N) is 2. The summed E-state index contributed by atoms with van der Waals surface area (Å²) in [6, 6.07) is 3.42. The number of benzene rings is 1. The number of nitrogens with one attached hydrogen (secondary N) is 1. The number of hydrogen-bond acceptors (Lipinski definition) is 3. The van der Waals surface area contributed by atoms with Gasteiger partial charge in [0.15, 0.2) is 5.82 Å². The Hall–Kier alpha value is -1.92. The molecule has 100 valence electrons. The average molecular weight is 283 g/mol. The monoisotopic (exact) mass is 282 g/mol. The molecule has 0 aliphatic rings. The van der Waals surface area contributed by atoms with E-state index < -0.39 is 17.8 Å². The van der Waals surface area contributed by atoms with Crippen LogP contribution >= 0.6 is 11.6 Å². The van der Waals surface area contributed by atoms with Crippen LogP contribution in [0.5, 0.6) is 0 Å². The summed E-state index contributed by atoms with van der Waals surface area (Å²) < 4.78 is 15.2. The Bertz CT molecular complexity index is 614. The van der Waals surface area contributed by atoms with Gasteiger partial charge in [-0.1, -0.05) is 17.7 Å². The maximum Gasteiger partial charge on any atom is 0.246 e. The van der Waals surface area contributed by atoms with Gasteiger partial charge in [-0.2, -0.15) is 5.10 Å². The number of hydrogen-bond donors (Lipinski definition) is 2. The third-order valence-corrected chi connectivity index (χ3v) is 2.87. The first-order valence-corrected chi connectivity index (χ1v) is 5.86. The molecule has 1 heterocycles. The molecule has 7 heteroatoms. The van der Waals surface area contributed by atoms with E-state index in [1.165, 1.54) is 29.1 Å². The normalized spacial score (nSPS) is 12.2. The van der Waals surface area contributed by atoms with Crippen LogP contribution in [0.3, 0.4) is 0 Å². The molecule has 0 bridgehead atoms. The van der Waals surface area contributed by atoms with Crippen LogP contribution in [0.1, 0.15) is 11.6 Å². The molecule has 2 aromatic rings. The summed E-state index contributed by atoms with van der Waals surface area (Å²) in [5.74, 6) is -1.22. The highest BCUT2D eigenvalue weighted by atomic mass is 35.5. The molecule has 1 atom stereocenters. The van der Waals surface area contributed by atoms with Gasteiger partial charge < -0.3 is 11.1 Å². The van der Waals surface area contributed by atoms with Crippen molar-refractivity contribution in [1.29, 1.82) is 0 Å². The van der Waals surface area contributed by atoms with Crippen LogP contribution in [-0.2, 0) is 11.8 Å². The predicted octanol–water partition coefficient (Wildman–Crippen LogP) is 1.85. The summed E-state index contributed by atoms with van der Waals surface area (Å²) in [5, 5.41) is 6.26. The number of aryl methyl sites for hydroxylation is 1. The van der Waals surface area contributed by atoms with E-state index in [1.807, 2.05) is 0 Å². The van der Waals surface area contributed by atoms with Crippen molar-refractivity contribution in [3.63, 3.8) is 0 Å². The molecule has 5 nitrogen and oxygen atoms in total. The topological polar surface area (TPSA) is 72.9 Å². The van der Waals surface area contributed by atoms with Gasteiger partial charge in [-0.3, -0.25) is 9.48 Å². The van der Waals surface area contributed by atoms with Crippen molar-refractivity contribution in [3.05, 3.63) is 47.0 Å². The van der Waals surface area contributed by atoms with Crippen LogP contribution in [0.15, 0.2) is 30.6 Å². The molecule has 0 saturated carbocycles. The van der Waals surface area contributed by atoms with E-state index in [0.717, 1.165) is 0 Å². The van der Waals surface area contributed by atoms with Crippen molar-refractivity contribution in [3.8, 4) is 0 Å². The zero-order chi connectivity index (χ0) is 14.0. The van der Waals surface area contributed by atoms with E-state index in [2.05, 4.69) is 10.4 Å². The van der Waals surface area contributed by atoms with Gasteiger partial charge in [0.1, 0.15) is 6.04 Å². The predicted molar refractivity (Wildman–Crippen MR) is 70.2 cm³/mol. The number of carbonyl (C=O) groups excluding carboxylic acids is 1. The number of amides is 1. The molecular weight excluding hydrogens is 271 g/mol. The summed E-state index contributed by atoms with van der Waals surface area (Å²) in [6.45, 7) is 0. The molecule has 0 aliphatic heterocycles. The average Bonchev–Trinajstić information content (AvgIpc) is 2.80. The maximum atomic E-state index is 13.6. The first kappa shape index (κ1) is 13.5. The summed E-state index contributed by atoms with van der Waals surface area (Å²) in [4.78, 5) is 11.9. The van der Waals surface area contributed by atoms with Crippen molar-refractivity contribution in [2.45, 2.75) is 6.04 Å². The van der Waals surface area contributed by atoms with Gasteiger partial charge in [-0.25, -0.2) is 4.39 Å². The van der Waals surface area contributed by atoms with E-state index in [9.17, 15) is 9.18 Å². The van der Waals surface area contributed by atoms with E-state index >= 15 is 0 Å². The standard InChI is InChI=1S/C12H12ClFN4O/c1-18-6-7(5-16-18)11(15)12(19)17-9-4-2-3-8(13)10(9)14/h2-6,11H,15H2,1H3,(H,17,19). The lowest BCUT2D eigenvalue weighted by molar-refractivity contribution is -0.117. The summed E-state index contributed by atoms with van der Waals surface area (Å²) >= 11 is 5.63. The fourth-order valence-electron chi connectivity index (χ4n) is 1.56. The minimum Gasteiger partial charge on any atom is -0.322 e. The molecule has 0 radical (unpaired) electrons. The highest BCUT2D eigenvalue weighted by Gasteiger charge is 2.19.